The minimum atomic E-state index is -0.518. The molecule has 1 atom stereocenters. The molecule has 1 amide bonds. The summed E-state index contributed by atoms with van der Waals surface area (Å²) in [6.45, 7) is 1.82. The van der Waals surface area contributed by atoms with Crippen LogP contribution in [-0.2, 0) is 0 Å². The van der Waals surface area contributed by atoms with Crippen LogP contribution < -0.4 is 10.6 Å². The number of anilines is 1. The van der Waals surface area contributed by atoms with Crippen molar-refractivity contribution >= 4 is 11.7 Å². The first kappa shape index (κ1) is 11.5. The number of hydrogen-bond acceptors (Lipinski definition) is 4. The maximum atomic E-state index is 11.1. The number of pyridine rings is 1. The minimum Gasteiger partial charge on any atom is -0.394 e. The van der Waals surface area contributed by atoms with Gasteiger partial charge in [-0.15, -0.1) is 0 Å². The van der Waals surface area contributed by atoms with Crippen molar-refractivity contribution in [2.45, 2.75) is 13.0 Å². The standard InChI is InChI=1S/C10H15N3O2/c1-7(6-14)13(2)10-8(9(11)15)4-3-5-12-10/h3-5,7,14H,6H2,1-2H3,(H2,11,15). The molecule has 1 rings (SSSR count). The van der Waals surface area contributed by atoms with Crippen molar-refractivity contribution in [2.24, 2.45) is 5.73 Å². The molecule has 1 aromatic rings. The van der Waals surface area contributed by atoms with E-state index in [0.29, 0.717) is 11.4 Å². The zero-order valence-corrected chi connectivity index (χ0v) is 8.84. The molecular formula is C10H15N3O2. The Morgan fingerprint density at radius 1 is 1.73 bits per heavy atom. The average molecular weight is 209 g/mol. The number of amides is 1. The number of aliphatic hydroxyl groups excluding tert-OH is 1. The number of hydrogen-bond donors (Lipinski definition) is 2. The number of carbonyl (C=O) groups excluding carboxylic acids is 1. The second-order valence-electron chi connectivity index (χ2n) is 3.38. The SMILES string of the molecule is CC(CO)N(C)c1ncccc1C(N)=O. The lowest BCUT2D eigenvalue weighted by Crippen LogP contribution is -2.34. The van der Waals surface area contributed by atoms with E-state index in [1.54, 1.807) is 30.3 Å². The fourth-order valence-electron chi connectivity index (χ4n) is 1.20. The summed E-state index contributed by atoms with van der Waals surface area (Å²) in [4.78, 5) is 16.9. The Morgan fingerprint density at radius 3 is 2.93 bits per heavy atom. The van der Waals surface area contributed by atoms with Crippen LogP contribution in [-0.4, -0.2) is 35.7 Å². The van der Waals surface area contributed by atoms with Crippen LogP contribution in [0.2, 0.25) is 0 Å². The molecule has 3 N–H and O–H groups in total. The summed E-state index contributed by atoms with van der Waals surface area (Å²) in [6, 6.07) is 3.16. The Hall–Kier alpha value is -1.62. The number of aromatic nitrogens is 1. The van der Waals surface area contributed by atoms with E-state index < -0.39 is 5.91 Å². The van der Waals surface area contributed by atoms with Gasteiger partial charge in [-0.05, 0) is 19.1 Å². The first-order chi connectivity index (χ1) is 7.07. The van der Waals surface area contributed by atoms with Crippen molar-refractivity contribution in [1.29, 1.82) is 0 Å². The molecule has 82 valence electrons. The van der Waals surface area contributed by atoms with Crippen molar-refractivity contribution in [3.05, 3.63) is 23.9 Å². The van der Waals surface area contributed by atoms with E-state index >= 15 is 0 Å². The van der Waals surface area contributed by atoms with Gasteiger partial charge in [-0.25, -0.2) is 4.98 Å². The molecule has 0 aliphatic rings. The van der Waals surface area contributed by atoms with E-state index in [9.17, 15) is 4.79 Å². The zero-order chi connectivity index (χ0) is 11.4. The summed E-state index contributed by atoms with van der Waals surface area (Å²) in [5.41, 5.74) is 5.59. The van der Waals surface area contributed by atoms with Crippen LogP contribution in [0.3, 0.4) is 0 Å². The third kappa shape index (κ3) is 2.44. The van der Waals surface area contributed by atoms with Crippen molar-refractivity contribution in [3.63, 3.8) is 0 Å². The smallest absolute Gasteiger partial charge is 0.252 e. The van der Waals surface area contributed by atoms with Gasteiger partial charge >= 0.3 is 0 Å². The minimum absolute atomic E-state index is 0.00865. The molecule has 1 aromatic heterocycles. The summed E-state index contributed by atoms with van der Waals surface area (Å²) < 4.78 is 0. The first-order valence-corrected chi connectivity index (χ1v) is 4.66. The normalized spacial score (nSPS) is 12.2. The molecule has 5 nitrogen and oxygen atoms in total. The van der Waals surface area contributed by atoms with E-state index in [-0.39, 0.29) is 12.6 Å². The van der Waals surface area contributed by atoms with Crippen LogP contribution >= 0.6 is 0 Å². The predicted molar refractivity (Wildman–Crippen MR) is 57.7 cm³/mol. The fourth-order valence-corrected chi connectivity index (χ4v) is 1.20. The molecule has 0 spiro atoms. The zero-order valence-electron chi connectivity index (χ0n) is 8.84. The van der Waals surface area contributed by atoms with Gasteiger partial charge in [0.15, 0.2) is 0 Å². The molecule has 0 fully saturated rings. The number of rotatable bonds is 4. The molecule has 1 heterocycles. The first-order valence-electron chi connectivity index (χ1n) is 4.66. The van der Waals surface area contributed by atoms with E-state index in [2.05, 4.69) is 4.98 Å². The number of aliphatic hydroxyl groups is 1. The molecule has 0 radical (unpaired) electrons. The summed E-state index contributed by atoms with van der Waals surface area (Å²) in [6.07, 6.45) is 1.59. The number of nitrogens with two attached hydrogens (primary N) is 1. The lowest BCUT2D eigenvalue weighted by Gasteiger charge is -2.25. The maximum absolute atomic E-state index is 11.1. The van der Waals surface area contributed by atoms with E-state index in [1.165, 1.54) is 0 Å². The van der Waals surface area contributed by atoms with Gasteiger partial charge in [0.2, 0.25) is 0 Å². The van der Waals surface area contributed by atoms with Crippen LogP contribution in [0.1, 0.15) is 17.3 Å². The van der Waals surface area contributed by atoms with Gasteiger partial charge in [-0.3, -0.25) is 4.79 Å². The lowest BCUT2D eigenvalue weighted by atomic mass is 10.2. The molecule has 1 unspecified atom stereocenters. The van der Waals surface area contributed by atoms with Gasteiger partial charge < -0.3 is 15.7 Å². The molecule has 0 aliphatic carbocycles. The van der Waals surface area contributed by atoms with Crippen LogP contribution in [0.15, 0.2) is 18.3 Å². The number of carbonyl (C=O) groups is 1. The van der Waals surface area contributed by atoms with Crippen molar-refractivity contribution in [3.8, 4) is 0 Å². The third-order valence-corrected chi connectivity index (χ3v) is 2.31. The Balaban J connectivity index is 3.07. The van der Waals surface area contributed by atoms with Crippen LogP contribution in [0.4, 0.5) is 5.82 Å². The molecule has 0 aromatic carbocycles. The second kappa shape index (κ2) is 4.75. The monoisotopic (exact) mass is 209 g/mol. The van der Waals surface area contributed by atoms with Gasteiger partial charge in [-0.2, -0.15) is 0 Å². The maximum Gasteiger partial charge on any atom is 0.252 e. The van der Waals surface area contributed by atoms with Crippen LogP contribution in [0, 0.1) is 0 Å². The number of nitrogens with zero attached hydrogens (tertiary/aromatic N) is 2. The van der Waals surface area contributed by atoms with Gasteiger partial charge in [0.1, 0.15) is 5.82 Å². The summed E-state index contributed by atoms with van der Waals surface area (Å²) >= 11 is 0. The van der Waals surface area contributed by atoms with Gasteiger partial charge in [0.05, 0.1) is 18.2 Å². The second-order valence-corrected chi connectivity index (χ2v) is 3.38. The van der Waals surface area contributed by atoms with Crippen LogP contribution in [0.25, 0.3) is 0 Å². The summed E-state index contributed by atoms with van der Waals surface area (Å²) in [7, 11) is 1.76. The summed E-state index contributed by atoms with van der Waals surface area (Å²) in [5.74, 6) is -0.0263. The highest BCUT2D eigenvalue weighted by molar-refractivity contribution is 5.97. The van der Waals surface area contributed by atoms with Crippen LogP contribution in [0.5, 0.6) is 0 Å². The Bertz CT molecular complexity index is 354. The quantitative estimate of drug-likeness (QED) is 0.731. The molecule has 0 aliphatic heterocycles. The highest BCUT2D eigenvalue weighted by atomic mass is 16.3. The third-order valence-electron chi connectivity index (χ3n) is 2.31. The van der Waals surface area contributed by atoms with Gasteiger partial charge in [0.25, 0.3) is 5.91 Å². The van der Waals surface area contributed by atoms with E-state index in [0.717, 1.165) is 0 Å². The Morgan fingerprint density at radius 2 is 2.40 bits per heavy atom. The molecular weight excluding hydrogens is 194 g/mol. The molecule has 0 saturated heterocycles. The topological polar surface area (TPSA) is 79.4 Å². The molecule has 5 heteroatoms. The number of primary amides is 1. The summed E-state index contributed by atoms with van der Waals surface area (Å²) in [5, 5.41) is 9.01. The van der Waals surface area contributed by atoms with Gasteiger partial charge in [0, 0.05) is 13.2 Å². The number of likely N-dealkylation sites (N-methyl/N-ethyl adjacent to an activating group) is 1. The average Bonchev–Trinajstić information content (AvgIpc) is 2.27. The van der Waals surface area contributed by atoms with Crippen molar-refractivity contribution in [1.82, 2.24) is 4.98 Å². The van der Waals surface area contributed by atoms with Crippen molar-refractivity contribution < 1.29 is 9.90 Å². The largest absolute Gasteiger partial charge is 0.394 e. The molecule has 0 saturated carbocycles. The molecule has 15 heavy (non-hydrogen) atoms. The Labute approximate surface area is 88.5 Å². The van der Waals surface area contributed by atoms with Crippen molar-refractivity contribution in [2.75, 3.05) is 18.6 Å². The Kier molecular flexibility index (Phi) is 3.62. The fraction of sp³-hybridized carbons (Fsp3) is 0.400. The van der Waals surface area contributed by atoms with E-state index in [1.807, 2.05) is 6.92 Å². The van der Waals surface area contributed by atoms with E-state index in [4.69, 9.17) is 10.8 Å². The predicted octanol–water partition coefficient (Wildman–Crippen LogP) is -0.00250. The lowest BCUT2D eigenvalue weighted by molar-refractivity contribution is 0.1000. The highest BCUT2D eigenvalue weighted by Crippen LogP contribution is 2.16. The highest BCUT2D eigenvalue weighted by Gasteiger charge is 2.16. The van der Waals surface area contributed by atoms with Gasteiger partial charge in [-0.1, -0.05) is 0 Å². The molecule has 0 bridgehead atoms.